The van der Waals surface area contributed by atoms with Crippen LogP contribution in [0.15, 0.2) is 33.7 Å². The van der Waals surface area contributed by atoms with Crippen molar-refractivity contribution in [2.45, 2.75) is 4.90 Å². The monoisotopic (exact) mass is 265 g/mol. The molecule has 0 atom stereocenters. The van der Waals surface area contributed by atoms with Crippen molar-refractivity contribution in [2.24, 2.45) is 0 Å². The van der Waals surface area contributed by atoms with E-state index in [4.69, 9.17) is 14.4 Å². The molecule has 0 bridgehead atoms. The number of benzene rings is 1. The van der Waals surface area contributed by atoms with Gasteiger partial charge in [-0.2, -0.15) is 0 Å². The third kappa shape index (κ3) is 2.19. The highest BCUT2D eigenvalue weighted by atomic mass is 32.2. The van der Waals surface area contributed by atoms with E-state index in [0.717, 1.165) is 4.90 Å². The van der Waals surface area contributed by atoms with Gasteiger partial charge in [-0.05, 0) is 18.4 Å². The summed E-state index contributed by atoms with van der Waals surface area (Å²) in [6.45, 7) is 0. The van der Waals surface area contributed by atoms with Crippen molar-refractivity contribution < 1.29 is 19.2 Å². The number of carboxylic acid groups (broad SMARTS) is 1. The summed E-state index contributed by atoms with van der Waals surface area (Å²) >= 11 is 1.52. The third-order valence-electron chi connectivity index (χ3n) is 2.40. The molecule has 1 N–H and O–H groups in total. The van der Waals surface area contributed by atoms with Gasteiger partial charge in [0.1, 0.15) is 5.75 Å². The zero-order valence-electron chi connectivity index (χ0n) is 9.84. The average molecular weight is 265 g/mol. The number of carboxylic acids is 1. The Hall–Kier alpha value is -1.95. The van der Waals surface area contributed by atoms with Gasteiger partial charge in [-0.3, -0.25) is 0 Å². The van der Waals surface area contributed by atoms with E-state index in [9.17, 15) is 4.79 Å². The van der Waals surface area contributed by atoms with E-state index in [1.807, 2.05) is 18.4 Å². The molecule has 1 heterocycles. The van der Waals surface area contributed by atoms with Crippen LogP contribution in [-0.4, -0.2) is 29.6 Å². The van der Waals surface area contributed by atoms with Gasteiger partial charge >= 0.3 is 5.97 Å². The standard InChI is InChI=1S/C12H11NO4S/c1-16-8-4-3-5-10(18-2)11(8)9-6-7(12(14)15)13-17-9/h3-6H,1-2H3,(H,14,15). The first-order valence-corrected chi connectivity index (χ1v) is 6.31. The fourth-order valence-electron chi connectivity index (χ4n) is 1.59. The number of hydrogen-bond acceptors (Lipinski definition) is 5. The minimum Gasteiger partial charge on any atom is -0.496 e. The molecule has 0 amide bonds. The van der Waals surface area contributed by atoms with Gasteiger partial charge in [0.2, 0.25) is 0 Å². The number of ether oxygens (including phenoxy) is 1. The number of rotatable bonds is 4. The van der Waals surface area contributed by atoms with Crippen LogP contribution in [0.1, 0.15) is 10.5 Å². The Bertz CT molecular complexity index is 557. The van der Waals surface area contributed by atoms with Crippen LogP contribution in [0.4, 0.5) is 0 Å². The molecule has 2 aromatic rings. The average Bonchev–Trinajstić information content (AvgIpc) is 2.87. The lowest BCUT2D eigenvalue weighted by molar-refractivity contribution is 0.0686. The van der Waals surface area contributed by atoms with E-state index in [-0.39, 0.29) is 5.69 Å². The molecule has 2 rings (SSSR count). The Morgan fingerprint density at radius 2 is 2.28 bits per heavy atom. The highest BCUT2D eigenvalue weighted by Crippen LogP contribution is 2.38. The number of methoxy groups -OCH3 is 1. The number of aromatic nitrogens is 1. The number of aromatic carboxylic acids is 1. The zero-order chi connectivity index (χ0) is 13.1. The van der Waals surface area contributed by atoms with Gasteiger partial charge in [0.15, 0.2) is 11.5 Å². The zero-order valence-corrected chi connectivity index (χ0v) is 10.7. The number of hydrogen-bond donors (Lipinski definition) is 1. The van der Waals surface area contributed by atoms with Crippen molar-refractivity contribution in [2.75, 3.05) is 13.4 Å². The van der Waals surface area contributed by atoms with E-state index in [0.29, 0.717) is 17.1 Å². The Labute approximate surface area is 108 Å². The van der Waals surface area contributed by atoms with Gasteiger partial charge in [-0.25, -0.2) is 4.79 Å². The lowest BCUT2D eigenvalue weighted by atomic mass is 10.1. The van der Waals surface area contributed by atoms with E-state index < -0.39 is 5.97 Å². The summed E-state index contributed by atoms with van der Waals surface area (Å²) in [4.78, 5) is 11.7. The first-order valence-electron chi connectivity index (χ1n) is 5.08. The van der Waals surface area contributed by atoms with Crippen molar-refractivity contribution in [3.8, 4) is 17.1 Å². The van der Waals surface area contributed by atoms with Crippen LogP contribution in [-0.2, 0) is 0 Å². The molecule has 0 aliphatic rings. The van der Waals surface area contributed by atoms with Gasteiger partial charge in [0, 0.05) is 11.0 Å². The molecule has 0 unspecified atom stereocenters. The molecular formula is C12H11NO4S. The van der Waals surface area contributed by atoms with Crippen molar-refractivity contribution >= 4 is 17.7 Å². The van der Waals surface area contributed by atoms with Crippen LogP contribution >= 0.6 is 11.8 Å². The molecule has 0 aliphatic carbocycles. The van der Waals surface area contributed by atoms with Crippen molar-refractivity contribution in [1.29, 1.82) is 0 Å². The SMILES string of the molecule is COc1cccc(SC)c1-c1cc(C(=O)O)no1. The summed E-state index contributed by atoms with van der Waals surface area (Å²) in [5.41, 5.74) is 0.593. The molecule has 0 spiro atoms. The molecule has 0 fully saturated rings. The van der Waals surface area contributed by atoms with Gasteiger partial charge < -0.3 is 14.4 Å². The molecule has 6 heteroatoms. The molecule has 0 saturated heterocycles. The van der Waals surface area contributed by atoms with Gasteiger partial charge in [-0.1, -0.05) is 11.2 Å². The number of nitrogens with zero attached hydrogens (tertiary/aromatic N) is 1. The minimum atomic E-state index is -1.12. The molecule has 18 heavy (non-hydrogen) atoms. The van der Waals surface area contributed by atoms with Crippen LogP contribution in [0.3, 0.4) is 0 Å². The molecular weight excluding hydrogens is 254 g/mol. The summed E-state index contributed by atoms with van der Waals surface area (Å²) < 4.78 is 10.3. The van der Waals surface area contributed by atoms with Crippen molar-refractivity contribution in [3.05, 3.63) is 30.0 Å². The van der Waals surface area contributed by atoms with Crippen LogP contribution in [0.25, 0.3) is 11.3 Å². The molecule has 1 aromatic heterocycles. The van der Waals surface area contributed by atoms with E-state index in [1.165, 1.54) is 17.8 Å². The largest absolute Gasteiger partial charge is 0.496 e. The number of carbonyl (C=O) groups is 1. The summed E-state index contributed by atoms with van der Waals surface area (Å²) in [6, 6.07) is 6.95. The Morgan fingerprint density at radius 1 is 1.50 bits per heavy atom. The lowest BCUT2D eigenvalue weighted by Gasteiger charge is -2.09. The Balaban J connectivity index is 2.57. The Kier molecular flexibility index (Phi) is 3.57. The maximum atomic E-state index is 10.8. The summed E-state index contributed by atoms with van der Waals surface area (Å²) in [6.07, 6.45) is 1.92. The summed E-state index contributed by atoms with van der Waals surface area (Å²) in [5, 5.41) is 12.3. The third-order valence-corrected chi connectivity index (χ3v) is 3.18. The summed E-state index contributed by atoms with van der Waals surface area (Å²) in [5.74, 6) is -0.116. The molecule has 0 radical (unpaired) electrons. The van der Waals surface area contributed by atoms with Crippen LogP contribution in [0.2, 0.25) is 0 Å². The molecule has 94 valence electrons. The quantitative estimate of drug-likeness (QED) is 0.857. The molecule has 0 saturated carbocycles. The maximum Gasteiger partial charge on any atom is 0.358 e. The first kappa shape index (κ1) is 12.5. The van der Waals surface area contributed by atoms with Gasteiger partial charge in [0.05, 0.1) is 12.7 Å². The van der Waals surface area contributed by atoms with Gasteiger partial charge in [-0.15, -0.1) is 11.8 Å². The first-order chi connectivity index (χ1) is 8.67. The van der Waals surface area contributed by atoms with Crippen molar-refractivity contribution in [1.82, 2.24) is 5.16 Å². The topological polar surface area (TPSA) is 72.6 Å². The fraction of sp³-hybridized carbons (Fsp3) is 0.167. The predicted octanol–water partition coefficient (Wildman–Crippen LogP) is 2.77. The van der Waals surface area contributed by atoms with Crippen LogP contribution in [0, 0.1) is 0 Å². The van der Waals surface area contributed by atoms with Crippen LogP contribution in [0.5, 0.6) is 5.75 Å². The predicted molar refractivity (Wildman–Crippen MR) is 67.2 cm³/mol. The highest BCUT2D eigenvalue weighted by Gasteiger charge is 2.18. The Morgan fingerprint density at radius 3 is 2.83 bits per heavy atom. The van der Waals surface area contributed by atoms with Crippen LogP contribution < -0.4 is 4.74 Å². The highest BCUT2D eigenvalue weighted by molar-refractivity contribution is 7.98. The minimum absolute atomic E-state index is 0.122. The molecule has 1 aromatic carbocycles. The second-order valence-electron chi connectivity index (χ2n) is 3.42. The second kappa shape index (κ2) is 5.14. The smallest absolute Gasteiger partial charge is 0.358 e. The van der Waals surface area contributed by atoms with Gasteiger partial charge in [0.25, 0.3) is 0 Å². The van der Waals surface area contributed by atoms with Crippen molar-refractivity contribution in [3.63, 3.8) is 0 Å². The second-order valence-corrected chi connectivity index (χ2v) is 4.27. The normalized spacial score (nSPS) is 10.3. The fourth-order valence-corrected chi connectivity index (χ4v) is 2.21. The summed E-state index contributed by atoms with van der Waals surface area (Å²) in [7, 11) is 1.55. The molecule has 0 aliphatic heterocycles. The van der Waals surface area contributed by atoms with E-state index in [1.54, 1.807) is 13.2 Å². The lowest BCUT2D eigenvalue weighted by Crippen LogP contribution is -1.94. The number of thioether (sulfide) groups is 1. The maximum absolute atomic E-state index is 10.8. The molecule has 5 nitrogen and oxygen atoms in total. The van der Waals surface area contributed by atoms with E-state index >= 15 is 0 Å². The van der Waals surface area contributed by atoms with E-state index in [2.05, 4.69) is 5.16 Å².